The maximum absolute atomic E-state index is 14.3. The summed E-state index contributed by atoms with van der Waals surface area (Å²) < 4.78 is 56.5. The number of hydrogen-bond acceptors (Lipinski definition) is 5. The lowest BCUT2D eigenvalue weighted by molar-refractivity contribution is 0.138. The van der Waals surface area contributed by atoms with E-state index < -0.39 is 15.8 Å². The fourth-order valence-electron chi connectivity index (χ4n) is 5.49. The average molecular weight is 530 g/mol. The van der Waals surface area contributed by atoms with Crippen LogP contribution in [0.3, 0.4) is 0 Å². The molecule has 0 radical (unpaired) electrons. The smallest absolute Gasteiger partial charge is 0.262 e. The molecule has 1 N–H and O–H groups in total. The Bertz CT molecular complexity index is 1360. The van der Waals surface area contributed by atoms with Crippen molar-refractivity contribution >= 4 is 26.6 Å². The van der Waals surface area contributed by atoms with Crippen LogP contribution in [-0.2, 0) is 21.8 Å². The number of nitrogens with one attached hydrogen (secondary N) is 1. The van der Waals surface area contributed by atoms with E-state index >= 15 is 0 Å². The number of ether oxygens (including phenoxy) is 2. The Morgan fingerprint density at radius 1 is 1.14 bits per heavy atom. The van der Waals surface area contributed by atoms with Gasteiger partial charge in [0.1, 0.15) is 6.10 Å². The van der Waals surface area contributed by atoms with E-state index in [0.29, 0.717) is 37.2 Å². The molecule has 7 nitrogen and oxygen atoms in total. The molecule has 0 spiro atoms. The number of rotatable bonds is 8. The Hall–Kier alpha value is -2.62. The second-order valence-corrected chi connectivity index (χ2v) is 12.4. The van der Waals surface area contributed by atoms with E-state index in [9.17, 15) is 12.8 Å². The van der Waals surface area contributed by atoms with Gasteiger partial charge in [-0.05, 0) is 73.7 Å². The molecule has 0 bridgehead atoms. The summed E-state index contributed by atoms with van der Waals surface area (Å²) in [4.78, 5) is 2.49. The van der Waals surface area contributed by atoms with Gasteiger partial charge in [-0.25, -0.2) is 12.8 Å². The third-order valence-electron chi connectivity index (χ3n) is 7.32. The third kappa shape index (κ3) is 5.78. The SMILES string of the molecule is CC(C)CN1CCC(c2cn(C)c3ccc(NS(=O)(=O)c4ccc(F)c(OC5CCOC5)c4)cc23)CC1. The number of benzene rings is 2. The van der Waals surface area contributed by atoms with Crippen LogP contribution in [0.15, 0.2) is 47.5 Å². The number of aromatic nitrogens is 1. The zero-order valence-corrected chi connectivity index (χ0v) is 22.6. The molecular weight excluding hydrogens is 493 g/mol. The lowest BCUT2D eigenvalue weighted by atomic mass is 9.89. The van der Waals surface area contributed by atoms with Crippen molar-refractivity contribution in [2.24, 2.45) is 13.0 Å². The van der Waals surface area contributed by atoms with Crippen LogP contribution < -0.4 is 9.46 Å². The summed E-state index contributed by atoms with van der Waals surface area (Å²) in [7, 11) is -1.92. The monoisotopic (exact) mass is 529 g/mol. The van der Waals surface area contributed by atoms with E-state index in [-0.39, 0.29) is 16.7 Å². The van der Waals surface area contributed by atoms with Gasteiger partial charge in [0, 0.05) is 48.9 Å². The highest BCUT2D eigenvalue weighted by atomic mass is 32.2. The van der Waals surface area contributed by atoms with E-state index in [1.165, 1.54) is 17.7 Å². The second kappa shape index (κ2) is 10.6. The van der Waals surface area contributed by atoms with Gasteiger partial charge in [-0.3, -0.25) is 4.72 Å². The summed E-state index contributed by atoms with van der Waals surface area (Å²) in [6.07, 6.45) is 4.72. The van der Waals surface area contributed by atoms with E-state index in [2.05, 4.69) is 34.2 Å². The van der Waals surface area contributed by atoms with Gasteiger partial charge in [-0.2, -0.15) is 0 Å². The van der Waals surface area contributed by atoms with Crippen molar-refractivity contribution in [1.82, 2.24) is 9.47 Å². The minimum Gasteiger partial charge on any atom is -0.485 e. The van der Waals surface area contributed by atoms with E-state index in [4.69, 9.17) is 9.47 Å². The molecule has 0 saturated carbocycles. The number of sulfonamides is 1. The Labute approximate surface area is 218 Å². The third-order valence-corrected chi connectivity index (χ3v) is 8.70. The molecule has 2 aromatic carbocycles. The Balaban J connectivity index is 1.36. The predicted molar refractivity (Wildman–Crippen MR) is 143 cm³/mol. The standard InChI is InChI=1S/C28H36FN3O4S/c1-19(2)16-32-11-8-20(9-12-32)25-17-31(3)27-7-4-21(14-24(25)27)30-37(33,34)23-5-6-26(29)28(15-23)36-22-10-13-35-18-22/h4-7,14-15,17,19-20,22,30H,8-13,16,18H2,1-3H3. The van der Waals surface area contributed by atoms with Crippen LogP contribution in [0.25, 0.3) is 10.9 Å². The molecule has 1 aromatic heterocycles. The molecule has 0 amide bonds. The topological polar surface area (TPSA) is 72.8 Å². The number of nitrogens with zero attached hydrogens (tertiary/aromatic N) is 2. The van der Waals surface area contributed by atoms with Crippen LogP contribution in [0.1, 0.15) is 44.6 Å². The number of piperidine rings is 1. The summed E-state index contributed by atoms with van der Waals surface area (Å²) in [6.45, 7) is 8.70. The first-order chi connectivity index (χ1) is 17.7. The zero-order chi connectivity index (χ0) is 26.2. The van der Waals surface area contributed by atoms with Crippen LogP contribution in [-0.4, -0.2) is 56.8 Å². The molecule has 2 fully saturated rings. The van der Waals surface area contributed by atoms with Crippen LogP contribution >= 0.6 is 0 Å². The van der Waals surface area contributed by atoms with Crippen molar-refractivity contribution in [3.8, 4) is 5.75 Å². The normalized spacial score (nSPS) is 19.6. The first-order valence-corrected chi connectivity index (χ1v) is 14.6. The van der Waals surface area contributed by atoms with Gasteiger partial charge in [0.15, 0.2) is 11.6 Å². The first kappa shape index (κ1) is 26.0. The van der Waals surface area contributed by atoms with Crippen LogP contribution in [0.4, 0.5) is 10.1 Å². The maximum atomic E-state index is 14.3. The zero-order valence-electron chi connectivity index (χ0n) is 21.7. The lowest BCUT2D eigenvalue weighted by Crippen LogP contribution is -2.35. The number of anilines is 1. The number of halogens is 1. The van der Waals surface area contributed by atoms with Crippen molar-refractivity contribution in [1.29, 1.82) is 0 Å². The van der Waals surface area contributed by atoms with Crippen molar-refractivity contribution in [2.75, 3.05) is 37.6 Å². The van der Waals surface area contributed by atoms with E-state index in [0.717, 1.165) is 49.4 Å². The van der Waals surface area contributed by atoms with E-state index in [1.807, 2.05) is 19.2 Å². The lowest BCUT2D eigenvalue weighted by Gasteiger charge is -2.33. The Morgan fingerprint density at radius 3 is 2.62 bits per heavy atom. The minimum atomic E-state index is -3.95. The number of aryl methyl sites for hydroxylation is 1. The molecule has 2 aliphatic rings. The molecular formula is C28H36FN3O4S. The summed E-state index contributed by atoms with van der Waals surface area (Å²) in [6, 6.07) is 9.26. The average Bonchev–Trinajstić information content (AvgIpc) is 3.48. The molecule has 37 heavy (non-hydrogen) atoms. The predicted octanol–water partition coefficient (Wildman–Crippen LogP) is 5.12. The first-order valence-electron chi connectivity index (χ1n) is 13.1. The van der Waals surface area contributed by atoms with Crippen LogP contribution in [0.5, 0.6) is 5.75 Å². The summed E-state index contributed by atoms with van der Waals surface area (Å²) in [5.41, 5.74) is 2.81. The highest BCUT2D eigenvalue weighted by Gasteiger charge is 2.25. The van der Waals surface area contributed by atoms with Gasteiger partial charge >= 0.3 is 0 Å². The molecule has 5 rings (SSSR count). The Kier molecular flexibility index (Phi) is 7.47. The molecule has 2 saturated heterocycles. The van der Waals surface area contributed by atoms with Gasteiger partial charge in [0.25, 0.3) is 10.0 Å². The number of likely N-dealkylation sites (tertiary alicyclic amines) is 1. The molecule has 2 aliphatic heterocycles. The minimum absolute atomic E-state index is 0.0475. The summed E-state index contributed by atoms with van der Waals surface area (Å²) in [5, 5.41) is 1.06. The molecule has 3 heterocycles. The molecule has 1 atom stereocenters. The Morgan fingerprint density at radius 2 is 1.92 bits per heavy atom. The maximum Gasteiger partial charge on any atom is 0.262 e. The number of hydrogen-bond donors (Lipinski definition) is 1. The van der Waals surface area contributed by atoms with Gasteiger partial charge in [0.05, 0.1) is 18.1 Å². The van der Waals surface area contributed by atoms with Gasteiger partial charge in [-0.15, -0.1) is 0 Å². The van der Waals surface area contributed by atoms with Crippen molar-refractivity contribution in [3.63, 3.8) is 0 Å². The van der Waals surface area contributed by atoms with Crippen LogP contribution in [0.2, 0.25) is 0 Å². The van der Waals surface area contributed by atoms with Crippen molar-refractivity contribution in [3.05, 3.63) is 54.0 Å². The fraction of sp³-hybridized carbons (Fsp3) is 0.500. The largest absolute Gasteiger partial charge is 0.485 e. The quantitative estimate of drug-likeness (QED) is 0.439. The highest BCUT2D eigenvalue weighted by Crippen LogP contribution is 2.36. The summed E-state index contributed by atoms with van der Waals surface area (Å²) >= 11 is 0. The van der Waals surface area contributed by atoms with Gasteiger partial charge in [-0.1, -0.05) is 13.8 Å². The van der Waals surface area contributed by atoms with Crippen LogP contribution in [0, 0.1) is 11.7 Å². The molecule has 0 aliphatic carbocycles. The van der Waals surface area contributed by atoms with Crippen molar-refractivity contribution in [2.45, 2.75) is 50.0 Å². The highest BCUT2D eigenvalue weighted by molar-refractivity contribution is 7.92. The molecule has 200 valence electrons. The van der Waals surface area contributed by atoms with Gasteiger partial charge < -0.3 is 18.9 Å². The molecule has 1 unspecified atom stereocenters. The summed E-state index contributed by atoms with van der Waals surface area (Å²) in [5.74, 6) is 0.420. The number of fused-ring (bicyclic) bond motifs is 1. The van der Waals surface area contributed by atoms with E-state index in [1.54, 1.807) is 6.07 Å². The van der Waals surface area contributed by atoms with Crippen molar-refractivity contribution < 1.29 is 22.3 Å². The van der Waals surface area contributed by atoms with Gasteiger partial charge in [0.2, 0.25) is 0 Å². The second-order valence-electron chi connectivity index (χ2n) is 10.7. The molecule has 3 aromatic rings. The molecule has 9 heteroatoms. The fourth-order valence-corrected chi connectivity index (χ4v) is 6.56.